The molecule has 0 atom stereocenters. The lowest BCUT2D eigenvalue weighted by molar-refractivity contribution is 0.444. The Labute approximate surface area is 268 Å². The maximum absolute atomic E-state index is 2.56. The predicted octanol–water partition coefficient (Wildman–Crippen LogP) is 7.95. The summed E-state index contributed by atoms with van der Waals surface area (Å²) in [6.45, 7) is 0.134. The van der Waals surface area contributed by atoms with Crippen LogP contribution in [0.25, 0.3) is 0 Å². The van der Waals surface area contributed by atoms with E-state index in [9.17, 15) is 0 Å². The lowest BCUT2D eigenvalue weighted by atomic mass is 9.33. The molecular weight excluding hydrogens is 547 g/mol. The van der Waals surface area contributed by atoms with Crippen molar-refractivity contribution < 1.29 is 0 Å². The molecule has 0 bridgehead atoms. The van der Waals surface area contributed by atoms with Gasteiger partial charge in [0.2, 0.25) is 0 Å². The van der Waals surface area contributed by atoms with E-state index in [1.165, 1.54) is 99.6 Å². The molecule has 5 aromatic rings. The Hall–Kier alpha value is -4.64. The van der Waals surface area contributed by atoms with Gasteiger partial charge in [-0.15, -0.1) is 0 Å². The maximum Gasteiger partial charge on any atom is 0.252 e. The summed E-state index contributed by atoms with van der Waals surface area (Å²) in [5.74, 6) is 0.584. The molecule has 5 aromatic carbocycles. The fraction of sp³-hybridized carbons (Fsp3) is 0.250. The number of hydrogen-bond donors (Lipinski definition) is 0. The fourth-order valence-electron chi connectivity index (χ4n) is 7.95. The minimum atomic E-state index is 0.134. The van der Waals surface area contributed by atoms with Crippen LogP contribution in [0.2, 0.25) is 0 Å². The molecule has 2 aliphatic heterocycles. The molecule has 1 saturated carbocycles. The van der Waals surface area contributed by atoms with E-state index in [2.05, 4.69) is 157 Å². The molecule has 2 heterocycles. The number of rotatable bonds is 5. The molecule has 0 spiro atoms. The van der Waals surface area contributed by atoms with E-state index >= 15 is 0 Å². The van der Waals surface area contributed by atoms with Gasteiger partial charge in [-0.2, -0.15) is 0 Å². The highest BCUT2D eigenvalue weighted by Crippen LogP contribution is 2.47. The van der Waals surface area contributed by atoms with Crippen LogP contribution in [0.5, 0.6) is 0 Å². The summed E-state index contributed by atoms with van der Waals surface area (Å²) >= 11 is 0. The van der Waals surface area contributed by atoms with Gasteiger partial charge in [0.05, 0.1) is 0 Å². The van der Waals surface area contributed by atoms with Gasteiger partial charge in [0.15, 0.2) is 0 Å². The molecular formula is C40H41BN4. The van der Waals surface area contributed by atoms with E-state index < -0.39 is 0 Å². The van der Waals surface area contributed by atoms with Crippen molar-refractivity contribution in [2.75, 3.05) is 47.8 Å². The van der Waals surface area contributed by atoms with Gasteiger partial charge in [0, 0.05) is 73.7 Å². The van der Waals surface area contributed by atoms with Gasteiger partial charge in [-0.3, -0.25) is 0 Å². The zero-order chi connectivity index (χ0) is 30.7. The van der Waals surface area contributed by atoms with Crippen molar-refractivity contribution in [3.05, 3.63) is 115 Å². The SMILES string of the molecule is CN(C)c1cccc(N2c3ccccc3B3c4cc(N(C)C)ccc4N(c4ccccc4)c4cc(C5CCCCC5)cc2c43)c1. The first-order chi connectivity index (χ1) is 22.0. The van der Waals surface area contributed by atoms with Crippen molar-refractivity contribution in [1.82, 2.24) is 0 Å². The number of para-hydroxylation sites is 2. The average molecular weight is 589 g/mol. The maximum atomic E-state index is 2.56. The normalized spacial score (nSPS) is 15.3. The zero-order valence-electron chi connectivity index (χ0n) is 26.9. The van der Waals surface area contributed by atoms with Crippen LogP contribution in [0, 0.1) is 0 Å². The third-order valence-corrected chi connectivity index (χ3v) is 10.2. The second-order valence-electron chi connectivity index (χ2n) is 13.4. The van der Waals surface area contributed by atoms with Crippen LogP contribution in [0.15, 0.2) is 109 Å². The Morgan fingerprint density at radius 3 is 1.89 bits per heavy atom. The topological polar surface area (TPSA) is 13.0 Å². The van der Waals surface area contributed by atoms with E-state index in [1.807, 2.05) is 0 Å². The van der Waals surface area contributed by atoms with Crippen LogP contribution in [0.4, 0.5) is 45.5 Å². The Morgan fingerprint density at radius 2 is 1.16 bits per heavy atom. The second-order valence-corrected chi connectivity index (χ2v) is 13.4. The molecule has 0 saturated heterocycles. The minimum absolute atomic E-state index is 0.134. The van der Waals surface area contributed by atoms with Crippen LogP contribution >= 0.6 is 0 Å². The third-order valence-electron chi connectivity index (χ3n) is 10.2. The van der Waals surface area contributed by atoms with Gasteiger partial charge in [0.25, 0.3) is 6.71 Å². The molecule has 0 radical (unpaired) electrons. The Kier molecular flexibility index (Phi) is 6.86. The van der Waals surface area contributed by atoms with Crippen LogP contribution in [0.3, 0.4) is 0 Å². The monoisotopic (exact) mass is 588 g/mol. The van der Waals surface area contributed by atoms with Crippen molar-refractivity contribution >= 4 is 68.6 Å². The van der Waals surface area contributed by atoms with E-state index in [4.69, 9.17) is 0 Å². The summed E-state index contributed by atoms with van der Waals surface area (Å²) in [6.07, 6.45) is 6.52. The Morgan fingerprint density at radius 1 is 0.533 bits per heavy atom. The summed E-state index contributed by atoms with van der Waals surface area (Å²) in [5, 5.41) is 0. The molecule has 1 aliphatic carbocycles. The van der Waals surface area contributed by atoms with Gasteiger partial charge < -0.3 is 19.6 Å². The first-order valence-electron chi connectivity index (χ1n) is 16.5. The first-order valence-corrected chi connectivity index (χ1v) is 16.5. The average Bonchev–Trinajstić information content (AvgIpc) is 3.08. The lowest BCUT2D eigenvalue weighted by Gasteiger charge is -2.45. The minimum Gasteiger partial charge on any atom is -0.378 e. The molecule has 224 valence electrons. The van der Waals surface area contributed by atoms with E-state index in [0.717, 1.165) is 0 Å². The first kappa shape index (κ1) is 27.9. The van der Waals surface area contributed by atoms with Crippen LogP contribution in [-0.4, -0.2) is 34.9 Å². The molecule has 1 fully saturated rings. The van der Waals surface area contributed by atoms with E-state index in [-0.39, 0.29) is 6.71 Å². The molecule has 5 heteroatoms. The van der Waals surface area contributed by atoms with E-state index in [0.29, 0.717) is 5.92 Å². The highest BCUT2D eigenvalue weighted by atomic mass is 15.2. The standard InChI is InChI=1S/C40H41BN4/c1-42(2)31-18-13-19-33(26-31)45-36-21-12-11-20-34(36)41-35-27-32(43(3)4)22-23-37(35)44(30-16-9-6-10-17-30)38-24-29(25-39(45)40(38)41)28-14-7-5-8-15-28/h6,9-13,16-28H,5,7-8,14-15H2,1-4H3. The van der Waals surface area contributed by atoms with Crippen LogP contribution in [-0.2, 0) is 0 Å². The molecule has 4 nitrogen and oxygen atoms in total. The van der Waals surface area contributed by atoms with Gasteiger partial charge in [-0.05, 0) is 107 Å². The fourth-order valence-corrected chi connectivity index (χ4v) is 7.95. The Bertz CT molecular complexity index is 1880. The van der Waals surface area contributed by atoms with Crippen molar-refractivity contribution in [2.45, 2.75) is 38.0 Å². The molecule has 3 aliphatic rings. The number of benzene rings is 5. The summed E-state index contributed by atoms with van der Waals surface area (Å²) in [6, 6.07) is 41.3. The van der Waals surface area contributed by atoms with Gasteiger partial charge in [0.1, 0.15) is 0 Å². The van der Waals surface area contributed by atoms with Gasteiger partial charge in [-0.1, -0.05) is 61.7 Å². The number of fused-ring (bicyclic) bond motifs is 4. The second kappa shape index (κ2) is 11.1. The summed E-state index contributed by atoms with van der Waals surface area (Å²) < 4.78 is 0. The molecule has 0 aromatic heterocycles. The number of nitrogens with zero attached hydrogens (tertiary/aromatic N) is 4. The zero-order valence-corrected chi connectivity index (χ0v) is 26.9. The molecule has 0 N–H and O–H groups in total. The Balaban J connectivity index is 1.47. The van der Waals surface area contributed by atoms with Gasteiger partial charge in [-0.25, -0.2) is 0 Å². The summed E-state index contributed by atoms with van der Waals surface area (Å²) in [5.41, 5.74) is 15.6. The van der Waals surface area contributed by atoms with Crippen LogP contribution in [0.1, 0.15) is 43.6 Å². The summed E-state index contributed by atoms with van der Waals surface area (Å²) in [4.78, 5) is 9.52. The summed E-state index contributed by atoms with van der Waals surface area (Å²) in [7, 11) is 8.54. The van der Waals surface area contributed by atoms with Crippen molar-refractivity contribution in [3.8, 4) is 0 Å². The lowest BCUT2D eigenvalue weighted by Crippen LogP contribution is -2.61. The quantitative estimate of drug-likeness (QED) is 0.189. The number of anilines is 8. The molecule has 45 heavy (non-hydrogen) atoms. The van der Waals surface area contributed by atoms with E-state index in [1.54, 1.807) is 0 Å². The molecule has 0 unspecified atom stereocenters. The highest BCUT2D eigenvalue weighted by Gasteiger charge is 2.44. The highest BCUT2D eigenvalue weighted by molar-refractivity contribution is 7.00. The smallest absolute Gasteiger partial charge is 0.252 e. The largest absolute Gasteiger partial charge is 0.378 e. The third kappa shape index (κ3) is 4.59. The van der Waals surface area contributed by atoms with Crippen molar-refractivity contribution in [2.24, 2.45) is 0 Å². The van der Waals surface area contributed by atoms with Crippen molar-refractivity contribution in [1.29, 1.82) is 0 Å². The van der Waals surface area contributed by atoms with Gasteiger partial charge >= 0.3 is 0 Å². The van der Waals surface area contributed by atoms with Crippen LogP contribution < -0.4 is 36.0 Å². The molecule has 8 rings (SSSR count). The number of hydrogen-bond acceptors (Lipinski definition) is 4. The van der Waals surface area contributed by atoms with Crippen molar-refractivity contribution in [3.63, 3.8) is 0 Å². The predicted molar refractivity (Wildman–Crippen MR) is 195 cm³/mol. The molecule has 0 amide bonds.